The van der Waals surface area contributed by atoms with Gasteiger partial charge >= 0.3 is 12.1 Å². The predicted molar refractivity (Wildman–Crippen MR) is 396 cm³/mol. The highest BCUT2D eigenvalue weighted by molar-refractivity contribution is 8.00. The number of hydrogen-bond acceptors (Lipinski definition) is 18. The third-order valence-electron chi connectivity index (χ3n) is 19.1. The highest BCUT2D eigenvalue weighted by atomic mass is 32.2. The summed E-state index contributed by atoms with van der Waals surface area (Å²) in [5.74, 6) is -15.1. The topological polar surface area (TPSA) is 475 Å². The van der Waals surface area contributed by atoms with Crippen molar-refractivity contribution >= 4 is 105 Å². The van der Waals surface area contributed by atoms with Crippen LogP contribution in [0, 0.1) is 11.7 Å². The molecule has 2 aromatic heterocycles. The monoisotopic (exact) mass is 1560 g/mol. The van der Waals surface area contributed by atoms with E-state index in [4.69, 9.17) is 21.4 Å². The first-order valence-electron chi connectivity index (χ1n) is 35.1. The summed E-state index contributed by atoms with van der Waals surface area (Å²) < 4.78 is 45.8. The number of alkyl halides is 3. The van der Waals surface area contributed by atoms with Crippen LogP contribution in [0.5, 0.6) is 11.5 Å². The van der Waals surface area contributed by atoms with E-state index in [1.807, 2.05) is 0 Å². The lowest BCUT2D eigenvalue weighted by atomic mass is 10.00. The van der Waals surface area contributed by atoms with Gasteiger partial charge in [-0.3, -0.25) is 52.7 Å². The van der Waals surface area contributed by atoms with Gasteiger partial charge in [-0.15, -0.1) is 11.8 Å². The van der Waals surface area contributed by atoms with Crippen LogP contribution in [0.15, 0.2) is 134 Å². The standard InChI is InChI=1S/C73H87FN14O15S.C2HF3O2/c1-85-58(27-18-40-10-6-5-7-11-40)71(101)87(3)60(37-90)69(99)82-55(31-45-34-78-53-26-25-48(92)32-50(45)53)67(97)81-56(30-44-33-77-52-13-9-8-12-49(44)52)68(98)84-63(43-19-20-43)73(103)88(4)61(72(102)86(2)59(64(76)94)29-42-14-21-46(74)22-15-42)38-104-39-62(93)79-35-51(75)65(95)80-54(28-41-16-23-47(91)24-17-41)66(96)83-57(36-89)70(85)100;3-2(4,5)1(6)7/h5-17,21-26,32-34,43,51,54-61,63,77-78,89-92H,18-20,27-31,35-39,75H2,1-4H3,(H2,76,94)(H,79,93)(H,80,95)(H,81,97)(H,82,99)(H,83,96)(H,84,98);(H,6,7)/t51-,54-,55-,56-,57-,58-,59-,60-,61-,63-;/m0./s1. The van der Waals surface area contributed by atoms with Crippen molar-refractivity contribution in [3.8, 4) is 11.5 Å². The van der Waals surface area contributed by atoms with Crippen LogP contribution in [0.1, 0.15) is 47.1 Å². The van der Waals surface area contributed by atoms with Crippen molar-refractivity contribution in [1.29, 1.82) is 0 Å². The Bertz CT molecular complexity index is 4490. The van der Waals surface area contributed by atoms with Gasteiger partial charge in [0.05, 0.1) is 19.0 Å². The number of phenols is 2. The van der Waals surface area contributed by atoms with Gasteiger partial charge in [0.15, 0.2) is 0 Å². The Morgan fingerprint density at radius 2 is 1.14 bits per heavy atom. The SMILES string of the molecule is CN1C(=O)[C@H](CO)NC(=O)[C@H](Cc2ccc(O)cc2)NC(=O)[C@@H](N)CNC(=O)CSC[C@@H](C(=O)N(C)[C@@H](Cc2ccc(F)cc2)C(N)=O)N(C)C(=O)[C@H](C2CC2)NC(=O)[C@H](Cc2c[nH]c3ccccc23)NC(=O)[C@H](Cc2c[nH]c3ccc(O)cc23)NC(=O)[C@H](CO)N(C)C(=O)[C@@H]1CCc1ccccc1.O=C(O)C(F)(F)F. The van der Waals surface area contributed by atoms with Crippen molar-refractivity contribution in [1.82, 2.24) is 61.5 Å². The van der Waals surface area contributed by atoms with E-state index < -0.39 is 175 Å². The molecule has 11 amide bonds. The zero-order valence-electron chi connectivity index (χ0n) is 60.7. The number of aliphatic hydroxyl groups is 2. The number of aryl methyl sites for hydroxylation is 1. The number of thioether (sulfide) groups is 1. The van der Waals surface area contributed by atoms with Crippen LogP contribution in [-0.2, 0) is 89.6 Å². The summed E-state index contributed by atoms with van der Waals surface area (Å²) >= 11 is 0.867. The molecule has 17 N–H and O–H groups in total. The van der Waals surface area contributed by atoms with Gasteiger partial charge in [0.25, 0.3) is 0 Å². The Kier molecular flexibility index (Phi) is 29.6. The lowest BCUT2D eigenvalue weighted by molar-refractivity contribution is -0.192. The molecule has 0 radical (unpaired) electrons. The Morgan fingerprint density at radius 3 is 1.73 bits per heavy atom. The molecule has 36 heteroatoms. The molecule has 1 aliphatic heterocycles. The summed E-state index contributed by atoms with van der Waals surface area (Å²) in [4.78, 5) is 181. The number of rotatable bonds is 17. The number of fused-ring (bicyclic) bond motifs is 2. The number of H-pyrrole nitrogens is 2. The number of halogens is 4. The van der Waals surface area contributed by atoms with Crippen LogP contribution in [0.3, 0.4) is 0 Å². The second-order valence-electron chi connectivity index (χ2n) is 27.0. The molecule has 2 fully saturated rings. The molecule has 2 aliphatic rings. The molecule has 5 aromatic carbocycles. The number of nitrogens with zero attached hydrogens (tertiary/aromatic N) is 4. The van der Waals surface area contributed by atoms with E-state index in [0.717, 1.165) is 36.9 Å². The molecule has 9 rings (SSSR count). The quantitative estimate of drug-likeness (QED) is 0.0553. The van der Waals surface area contributed by atoms with Gasteiger partial charge in [-0.1, -0.05) is 72.8 Å². The summed E-state index contributed by atoms with van der Waals surface area (Å²) in [7, 11) is 5.02. The van der Waals surface area contributed by atoms with Gasteiger partial charge in [0, 0.05) is 100 Å². The van der Waals surface area contributed by atoms with E-state index in [-0.39, 0.29) is 55.8 Å². The number of aromatic nitrogens is 2. The largest absolute Gasteiger partial charge is 0.508 e. The zero-order chi connectivity index (χ0) is 81.1. The molecule has 7 aromatic rings. The van der Waals surface area contributed by atoms with Crippen molar-refractivity contribution in [3.63, 3.8) is 0 Å². The summed E-state index contributed by atoms with van der Waals surface area (Å²) in [6.07, 6.45) is -2.09. The van der Waals surface area contributed by atoms with E-state index >= 15 is 28.8 Å². The number of likely N-dealkylation sites (N-methyl/N-ethyl adjacent to an activating group) is 4. The van der Waals surface area contributed by atoms with Gasteiger partial charge in [0.2, 0.25) is 65.0 Å². The fraction of sp³-hybridized carbons (Fsp3) is 0.387. The summed E-state index contributed by atoms with van der Waals surface area (Å²) in [5.41, 5.74) is 15.9. The highest BCUT2D eigenvalue weighted by Gasteiger charge is 2.45. The average Bonchev–Trinajstić information content (AvgIpc) is 1.77. The molecule has 10 atom stereocenters. The molecule has 594 valence electrons. The van der Waals surface area contributed by atoms with Gasteiger partial charge in [-0.2, -0.15) is 13.2 Å². The summed E-state index contributed by atoms with van der Waals surface area (Å²) in [6, 6.07) is 15.4. The maximum absolute atomic E-state index is 15.5. The van der Waals surface area contributed by atoms with E-state index in [0.29, 0.717) is 56.9 Å². The molecular weight excluding hydrogens is 1480 g/mol. The minimum absolute atomic E-state index is 0.123. The number of aromatic hydroxyl groups is 2. The number of carbonyl (C=O) groups is 12. The van der Waals surface area contributed by atoms with E-state index in [1.165, 1.54) is 88.9 Å². The summed E-state index contributed by atoms with van der Waals surface area (Å²) in [5, 5.41) is 67.0. The number of primary amides is 1. The number of benzene rings is 5. The number of hydrogen-bond donors (Lipinski definition) is 15. The molecule has 1 saturated heterocycles. The van der Waals surface area contributed by atoms with Crippen molar-refractivity contribution in [2.75, 3.05) is 59.5 Å². The molecule has 1 saturated carbocycles. The van der Waals surface area contributed by atoms with E-state index in [9.17, 15) is 62.0 Å². The normalized spacial score (nSPS) is 22.0. The lowest BCUT2D eigenvalue weighted by Gasteiger charge is -2.36. The molecular formula is C75H88F4N14O17S. The molecule has 111 heavy (non-hydrogen) atoms. The first-order chi connectivity index (χ1) is 52.7. The first kappa shape index (κ1) is 85.0. The van der Waals surface area contributed by atoms with Crippen LogP contribution >= 0.6 is 11.8 Å². The smallest absolute Gasteiger partial charge is 0.490 e. The average molecular weight is 1570 g/mol. The number of aromatic amines is 2. The van der Waals surface area contributed by atoms with Gasteiger partial charge in [-0.25, -0.2) is 9.18 Å². The zero-order valence-corrected chi connectivity index (χ0v) is 61.6. The summed E-state index contributed by atoms with van der Waals surface area (Å²) in [6.45, 7) is -2.64. The van der Waals surface area contributed by atoms with Crippen molar-refractivity contribution in [3.05, 3.63) is 167 Å². The second-order valence-corrected chi connectivity index (χ2v) is 28.0. The Balaban J connectivity index is 0.00000211. The van der Waals surface area contributed by atoms with Gasteiger partial charge in [-0.05, 0) is 108 Å². The second kappa shape index (κ2) is 38.6. The van der Waals surface area contributed by atoms with Gasteiger partial charge < -0.3 is 98.5 Å². The minimum atomic E-state index is -5.08. The number of carbonyl (C=O) groups excluding carboxylic acids is 11. The third-order valence-corrected chi connectivity index (χ3v) is 20.2. The van der Waals surface area contributed by atoms with Crippen molar-refractivity contribution in [2.45, 2.75) is 118 Å². The number of aliphatic hydroxyl groups excluding tert-OH is 2. The van der Waals surface area contributed by atoms with Crippen LogP contribution in [-0.4, -0.2) is 252 Å². The van der Waals surface area contributed by atoms with Crippen LogP contribution in [0.4, 0.5) is 17.6 Å². The Hall–Kier alpha value is -11.6. The van der Waals surface area contributed by atoms with Crippen molar-refractivity contribution in [2.24, 2.45) is 17.4 Å². The highest BCUT2D eigenvalue weighted by Crippen LogP contribution is 2.35. The molecule has 0 unspecified atom stereocenters. The number of amides is 11. The molecule has 1 aliphatic carbocycles. The number of nitrogens with two attached hydrogens (primary N) is 2. The maximum atomic E-state index is 15.5. The molecule has 0 bridgehead atoms. The number of nitrogens with one attached hydrogen (secondary N) is 8. The Morgan fingerprint density at radius 1 is 0.604 bits per heavy atom. The van der Waals surface area contributed by atoms with Crippen molar-refractivity contribution < 1.29 is 101 Å². The van der Waals surface area contributed by atoms with Gasteiger partial charge in [0.1, 0.15) is 77.7 Å². The first-order valence-corrected chi connectivity index (χ1v) is 36.2. The fourth-order valence-electron chi connectivity index (χ4n) is 12.5. The van der Waals surface area contributed by atoms with E-state index in [2.05, 4.69) is 41.9 Å². The molecule has 31 nitrogen and oxygen atoms in total. The molecule has 3 heterocycles. The van der Waals surface area contributed by atoms with Crippen LogP contribution < -0.4 is 43.4 Å². The lowest BCUT2D eigenvalue weighted by Crippen LogP contribution is -2.62. The molecule has 0 spiro atoms. The maximum Gasteiger partial charge on any atom is 0.490 e. The number of carboxylic acid groups (broad SMARTS) is 1. The van der Waals surface area contributed by atoms with Crippen LogP contribution in [0.2, 0.25) is 0 Å². The fourth-order valence-corrected chi connectivity index (χ4v) is 13.5. The number of carboxylic acids is 1. The Labute approximate surface area is 637 Å². The van der Waals surface area contributed by atoms with Crippen LogP contribution in [0.25, 0.3) is 21.8 Å². The predicted octanol–water partition coefficient (Wildman–Crippen LogP) is 0.538. The third kappa shape index (κ3) is 23.0. The minimum Gasteiger partial charge on any atom is -0.508 e. The number of phenolic OH excluding ortho intramolecular Hbond substituents is 2. The van der Waals surface area contributed by atoms with E-state index in [1.54, 1.807) is 73.1 Å². The number of para-hydroxylation sites is 1. The number of aliphatic carboxylic acids is 1.